The largest absolute Gasteiger partial charge is 0.337 e. The first kappa shape index (κ1) is 15.6. The topological polar surface area (TPSA) is 61.9 Å². The predicted molar refractivity (Wildman–Crippen MR) is 89.7 cm³/mol. The fourth-order valence-corrected chi connectivity index (χ4v) is 4.20. The number of nitrogens with one attached hydrogen (secondary N) is 1. The number of aromatic amines is 1. The van der Waals surface area contributed by atoms with E-state index in [4.69, 9.17) is 0 Å². The molecule has 7 heteroatoms. The van der Waals surface area contributed by atoms with Gasteiger partial charge in [-0.05, 0) is 31.1 Å². The van der Waals surface area contributed by atoms with Crippen molar-refractivity contribution in [3.8, 4) is 0 Å². The molecule has 3 heterocycles. The summed E-state index contributed by atoms with van der Waals surface area (Å²) in [6.07, 6.45) is 6.99. The minimum Gasteiger partial charge on any atom is -0.337 e. The van der Waals surface area contributed by atoms with Crippen molar-refractivity contribution in [2.75, 3.05) is 19.3 Å². The first-order chi connectivity index (χ1) is 10.7. The molecule has 3 rings (SSSR count). The highest BCUT2D eigenvalue weighted by molar-refractivity contribution is 8.00. The van der Waals surface area contributed by atoms with E-state index in [0.717, 1.165) is 36.7 Å². The van der Waals surface area contributed by atoms with E-state index in [-0.39, 0.29) is 5.91 Å². The Morgan fingerprint density at radius 2 is 2.45 bits per heavy atom. The van der Waals surface area contributed by atoms with Crippen molar-refractivity contribution in [1.29, 1.82) is 0 Å². The number of hydrogen-bond donors (Lipinski definition) is 1. The summed E-state index contributed by atoms with van der Waals surface area (Å²) in [6, 6.07) is 0. The maximum absolute atomic E-state index is 12.6. The summed E-state index contributed by atoms with van der Waals surface area (Å²) < 4.78 is 0.943. The molecule has 1 aliphatic heterocycles. The van der Waals surface area contributed by atoms with Crippen molar-refractivity contribution < 1.29 is 4.79 Å². The quantitative estimate of drug-likeness (QED) is 0.871. The van der Waals surface area contributed by atoms with Crippen LogP contribution >= 0.6 is 23.1 Å². The van der Waals surface area contributed by atoms with Gasteiger partial charge in [-0.1, -0.05) is 18.7 Å². The Balaban J connectivity index is 1.74. The first-order valence-corrected chi connectivity index (χ1v) is 9.64. The van der Waals surface area contributed by atoms with Gasteiger partial charge in [0.1, 0.15) is 10.0 Å². The molecule has 1 aliphatic rings. The van der Waals surface area contributed by atoms with Gasteiger partial charge in [0.25, 0.3) is 5.91 Å². The SMILES string of the molecule is CCc1cn[nH]c1[C@@H]1CCCN(C(=O)c2csc(SC)n2)C1. The molecule has 0 bridgehead atoms. The predicted octanol–water partition coefficient (Wildman–Crippen LogP) is 3.17. The van der Waals surface area contributed by atoms with Crippen LogP contribution in [0.3, 0.4) is 0 Å². The molecule has 0 aromatic carbocycles. The second-order valence-electron chi connectivity index (χ2n) is 5.46. The molecule has 0 spiro atoms. The summed E-state index contributed by atoms with van der Waals surface area (Å²) in [4.78, 5) is 19.0. The molecule has 118 valence electrons. The molecule has 1 saturated heterocycles. The number of aromatic nitrogens is 3. The van der Waals surface area contributed by atoms with Crippen LogP contribution < -0.4 is 0 Å². The number of carbonyl (C=O) groups is 1. The normalized spacial score (nSPS) is 18.6. The lowest BCUT2D eigenvalue weighted by Crippen LogP contribution is -2.39. The number of aryl methyl sites for hydroxylation is 1. The standard InChI is InChI=1S/C15H20N4OS2/c1-3-10-7-16-18-13(10)11-5-4-6-19(8-11)14(20)12-9-22-15(17-12)21-2/h7,9,11H,3-6,8H2,1-2H3,(H,16,18)/t11-/m1/s1. The zero-order valence-electron chi connectivity index (χ0n) is 12.8. The maximum Gasteiger partial charge on any atom is 0.273 e. The number of rotatable bonds is 4. The first-order valence-electron chi connectivity index (χ1n) is 7.53. The molecule has 5 nitrogen and oxygen atoms in total. The molecule has 0 radical (unpaired) electrons. The maximum atomic E-state index is 12.6. The van der Waals surface area contributed by atoms with Crippen molar-refractivity contribution in [2.24, 2.45) is 0 Å². The van der Waals surface area contributed by atoms with Gasteiger partial charge in [-0.15, -0.1) is 11.3 Å². The third kappa shape index (κ3) is 3.05. The lowest BCUT2D eigenvalue weighted by atomic mass is 9.92. The van der Waals surface area contributed by atoms with Crippen molar-refractivity contribution in [2.45, 2.75) is 36.4 Å². The van der Waals surface area contributed by atoms with E-state index >= 15 is 0 Å². The average Bonchev–Trinajstić information content (AvgIpc) is 3.23. The molecule has 0 aliphatic carbocycles. The lowest BCUT2D eigenvalue weighted by molar-refractivity contribution is 0.0700. The molecule has 2 aromatic heterocycles. The van der Waals surface area contributed by atoms with Crippen LogP contribution in [0.15, 0.2) is 15.9 Å². The van der Waals surface area contributed by atoms with Crippen LogP contribution in [0.2, 0.25) is 0 Å². The van der Waals surface area contributed by atoms with E-state index in [9.17, 15) is 4.79 Å². The number of H-pyrrole nitrogens is 1. The fourth-order valence-electron chi connectivity index (χ4n) is 2.96. The Morgan fingerprint density at radius 1 is 1.59 bits per heavy atom. The minimum atomic E-state index is 0.0545. The van der Waals surface area contributed by atoms with Crippen LogP contribution in [0, 0.1) is 0 Å². The summed E-state index contributed by atoms with van der Waals surface area (Å²) in [7, 11) is 0. The van der Waals surface area contributed by atoms with Gasteiger partial charge in [-0.3, -0.25) is 9.89 Å². The second-order valence-corrected chi connectivity index (χ2v) is 7.37. The smallest absolute Gasteiger partial charge is 0.273 e. The number of thiazole rings is 1. The molecule has 1 N–H and O–H groups in total. The summed E-state index contributed by atoms with van der Waals surface area (Å²) in [5.41, 5.74) is 3.04. The van der Waals surface area contributed by atoms with Crippen molar-refractivity contribution >= 4 is 29.0 Å². The van der Waals surface area contributed by atoms with Crippen molar-refractivity contribution in [1.82, 2.24) is 20.1 Å². The molecule has 0 saturated carbocycles. The third-order valence-electron chi connectivity index (χ3n) is 4.13. The van der Waals surface area contributed by atoms with Crippen LogP contribution in [0.4, 0.5) is 0 Å². The fraction of sp³-hybridized carbons (Fsp3) is 0.533. The van der Waals surface area contributed by atoms with Crippen molar-refractivity contribution in [3.05, 3.63) is 28.5 Å². The van der Waals surface area contributed by atoms with Crippen LogP contribution in [0.25, 0.3) is 0 Å². The molecular formula is C15H20N4OS2. The molecule has 1 fully saturated rings. The van der Waals surface area contributed by atoms with Crippen LogP contribution in [0.5, 0.6) is 0 Å². The van der Waals surface area contributed by atoms with Gasteiger partial charge in [0, 0.05) is 30.1 Å². The van der Waals surface area contributed by atoms with Crippen LogP contribution in [0.1, 0.15) is 47.4 Å². The molecule has 0 unspecified atom stereocenters. The Kier molecular flexibility index (Phi) is 4.83. The number of thioether (sulfide) groups is 1. The lowest BCUT2D eigenvalue weighted by Gasteiger charge is -2.32. The van der Waals surface area contributed by atoms with Gasteiger partial charge < -0.3 is 4.90 Å². The van der Waals surface area contributed by atoms with Crippen LogP contribution in [-0.2, 0) is 6.42 Å². The molecular weight excluding hydrogens is 316 g/mol. The zero-order chi connectivity index (χ0) is 15.5. The van der Waals surface area contributed by atoms with E-state index in [0.29, 0.717) is 11.6 Å². The Morgan fingerprint density at radius 3 is 3.18 bits per heavy atom. The van der Waals surface area contributed by atoms with Gasteiger partial charge >= 0.3 is 0 Å². The highest BCUT2D eigenvalue weighted by atomic mass is 32.2. The van der Waals surface area contributed by atoms with Gasteiger partial charge in [-0.25, -0.2) is 4.98 Å². The molecule has 1 atom stereocenters. The third-order valence-corrected chi connectivity index (χ3v) is 5.99. The number of piperidine rings is 1. The Hall–Kier alpha value is -1.34. The van der Waals surface area contributed by atoms with E-state index in [2.05, 4.69) is 22.1 Å². The number of amides is 1. The number of likely N-dealkylation sites (tertiary alicyclic amines) is 1. The van der Waals surface area contributed by atoms with E-state index in [1.165, 1.54) is 22.6 Å². The Bertz CT molecular complexity index is 652. The van der Waals surface area contributed by atoms with E-state index in [1.807, 2.05) is 22.7 Å². The highest BCUT2D eigenvalue weighted by Gasteiger charge is 2.28. The van der Waals surface area contributed by atoms with Crippen LogP contribution in [-0.4, -0.2) is 45.3 Å². The summed E-state index contributed by atoms with van der Waals surface area (Å²) in [6.45, 7) is 3.70. The number of nitrogens with zero attached hydrogens (tertiary/aromatic N) is 3. The number of hydrogen-bond acceptors (Lipinski definition) is 5. The molecule has 1 amide bonds. The molecule has 2 aromatic rings. The number of carbonyl (C=O) groups excluding carboxylic acids is 1. The Labute approximate surface area is 138 Å². The summed E-state index contributed by atoms with van der Waals surface area (Å²) >= 11 is 3.12. The van der Waals surface area contributed by atoms with Gasteiger partial charge in [0.15, 0.2) is 0 Å². The monoisotopic (exact) mass is 336 g/mol. The van der Waals surface area contributed by atoms with E-state index in [1.54, 1.807) is 11.8 Å². The van der Waals surface area contributed by atoms with Gasteiger partial charge in [-0.2, -0.15) is 5.10 Å². The minimum absolute atomic E-state index is 0.0545. The zero-order valence-corrected chi connectivity index (χ0v) is 14.5. The van der Waals surface area contributed by atoms with Crippen molar-refractivity contribution in [3.63, 3.8) is 0 Å². The second kappa shape index (κ2) is 6.83. The van der Waals surface area contributed by atoms with Gasteiger partial charge in [0.05, 0.1) is 6.20 Å². The summed E-state index contributed by atoms with van der Waals surface area (Å²) in [5, 5.41) is 9.17. The average molecular weight is 336 g/mol. The summed E-state index contributed by atoms with van der Waals surface area (Å²) in [5.74, 6) is 0.410. The molecule has 22 heavy (non-hydrogen) atoms. The highest BCUT2D eigenvalue weighted by Crippen LogP contribution is 2.29. The van der Waals surface area contributed by atoms with Gasteiger partial charge in [0.2, 0.25) is 0 Å². The van der Waals surface area contributed by atoms with E-state index < -0.39 is 0 Å².